The lowest BCUT2D eigenvalue weighted by molar-refractivity contribution is -0.137. The Hall–Kier alpha value is -2.51. The minimum absolute atomic E-state index is 0.314. The molecule has 1 aliphatic rings. The molecule has 0 fully saturated rings. The number of hydrogen-bond acceptors (Lipinski definition) is 3. The van der Waals surface area contributed by atoms with E-state index < -0.39 is 23.4 Å². The van der Waals surface area contributed by atoms with Crippen molar-refractivity contribution in [3.8, 4) is 11.3 Å². The van der Waals surface area contributed by atoms with E-state index in [9.17, 15) is 18.0 Å². The van der Waals surface area contributed by atoms with Crippen LogP contribution in [0, 0.1) is 0 Å². The normalized spacial score (nSPS) is 14.5. The topological polar surface area (TPSA) is 47.4 Å². The van der Waals surface area contributed by atoms with E-state index in [2.05, 4.69) is 5.10 Å². The minimum atomic E-state index is -4.38. The first-order chi connectivity index (χ1) is 12.0. The monoisotopic (exact) mass is 367 g/mol. The van der Waals surface area contributed by atoms with Gasteiger partial charge in [-0.2, -0.15) is 18.3 Å². The maximum atomic E-state index is 12.7. The number of rotatable bonds is 1. The molecule has 3 rings (SSSR count). The van der Waals surface area contributed by atoms with E-state index in [0.29, 0.717) is 24.3 Å². The van der Waals surface area contributed by atoms with Crippen LogP contribution >= 0.6 is 0 Å². The molecule has 0 bridgehead atoms. The van der Waals surface area contributed by atoms with Crippen molar-refractivity contribution in [3.63, 3.8) is 0 Å². The quantitative estimate of drug-likeness (QED) is 0.753. The fourth-order valence-corrected chi connectivity index (χ4v) is 2.90. The lowest BCUT2D eigenvalue weighted by Crippen LogP contribution is -2.33. The molecule has 0 atom stereocenters. The zero-order valence-corrected chi connectivity index (χ0v) is 15.0. The van der Waals surface area contributed by atoms with Crippen LogP contribution < -0.4 is 0 Å². The second-order valence-corrected chi connectivity index (χ2v) is 7.31. The molecular weight excluding hydrogens is 347 g/mol. The Morgan fingerprint density at radius 1 is 1.12 bits per heavy atom. The SMILES string of the molecule is Cn1nc(-c2ccc(C(F)(F)F)cc2)c2c1CN(C(=O)OC(C)(C)C)C2. The van der Waals surface area contributed by atoms with Gasteiger partial charge >= 0.3 is 12.3 Å². The van der Waals surface area contributed by atoms with Gasteiger partial charge in [0, 0.05) is 18.2 Å². The summed E-state index contributed by atoms with van der Waals surface area (Å²) < 4.78 is 45.3. The molecule has 0 aliphatic carbocycles. The van der Waals surface area contributed by atoms with Crippen LogP contribution in [0.2, 0.25) is 0 Å². The van der Waals surface area contributed by atoms with Crippen molar-refractivity contribution >= 4 is 6.09 Å². The van der Waals surface area contributed by atoms with E-state index in [1.165, 1.54) is 12.1 Å². The van der Waals surface area contributed by atoms with E-state index in [1.807, 2.05) is 0 Å². The summed E-state index contributed by atoms with van der Waals surface area (Å²) >= 11 is 0. The van der Waals surface area contributed by atoms with Crippen molar-refractivity contribution in [1.29, 1.82) is 0 Å². The van der Waals surface area contributed by atoms with Crippen LogP contribution in [0.25, 0.3) is 11.3 Å². The highest BCUT2D eigenvalue weighted by Crippen LogP contribution is 2.35. The molecule has 140 valence electrons. The third-order valence-corrected chi connectivity index (χ3v) is 4.10. The first-order valence-corrected chi connectivity index (χ1v) is 8.16. The lowest BCUT2D eigenvalue weighted by atomic mass is 10.1. The molecule has 1 aliphatic heterocycles. The average Bonchev–Trinajstić information content (AvgIpc) is 3.06. The fraction of sp³-hybridized carbons (Fsp3) is 0.444. The first kappa shape index (κ1) is 18.3. The number of amides is 1. The van der Waals surface area contributed by atoms with Gasteiger partial charge in [-0.05, 0) is 32.9 Å². The van der Waals surface area contributed by atoms with Gasteiger partial charge in [0.2, 0.25) is 0 Å². The Morgan fingerprint density at radius 3 is 2.27 bits per heavy atom. The van der Waals surface area contributed by atoms with Gasteiger partial charge in [-0.3, -0.25) is 9.58 Å². The highest BCUT2D eigenvalue weighted by atomic mass is 19.4. The molecule has 26 heavy (non-hydrogen) atoms. The molecule has 0 saturated carbocycles. The molecule has 0 N–H and O–H groups in total. The van der Waals surface area contributed by atoms with Crippen molar-refractivity contribution in [2.45, 2.75) is 45.6 Å². The summed E-state index contributed by atoms with van der Waals surface area (Å²) in [5.41, 5.74) is 1.55. The number of ether oxygens (including phenoxy) is 1. The van der Waals surface area contributed by atoms with Gasteiger partial charge in [-0.15, -0.1) is 0 Å². The number of alkyl halides is 3. The zero-order chi connectivity index (χ0) is 19.3. The third kappa shape index (κ3) is 3.54. The second-order valence-electron chi connectivity index (χ2n) is 7.31. The van der Waals surface area contributed by atoms with E-state index in [1.54, 1.807) is 37.4 Å². The van der Waals surface area contributed by atoms with Crippen molar-refractivity contribution in [3.05, 3.63) is 41.1 Å². The number of hydrogen-bond donors (Lipinski definition) is 0. The smallest absolute Gasteiger partial charge is 0.416 e. The fourth-order valence-electron chi connectivity index (χ4n) is 2.90. The summed E-state index contributed by atoms with van der Waals surface area (Å²) in [6, 6.07) is 4.89. The number of aromatic nitrogens is 2. The second kappa shape index (κ2) is 6.03. The van der Waals surface area contributed by atoms with Gasteiger partial charge in [0.1, 0.15) is 5.60 Å². The Balaban J connectivity index is 1.86. The molecule has 5 nitrogen and oxygen atoms in total. The number of carbonyl (C=O) groups excluding carboxylic acids is 1. The lowest BCUT2D eigenvalue weighted by Gasteiger charge is -2.24. The summed E-state index contributed by atoms with van der Waals surface area (Å²) in [6.45, 7) is 6.05. The molecular formula is C18H20F3N3O2. The number of benzene rings is 1. The number of halogens is 3. The Kier molecular flexibility index (Phi) is 4.24. The van der Waals surface area contributed by atoms with Gasteiger partial charge in [-0.1, -0.05) is 12.1 Å². The third-order valence-electron chi connectivity index (χ3n) is 4.10. The molecule has 1 aromatic heterocycles. The zero-order valence-electron chi connectivity index (χ0n) is 15.0. The van der Waals surface area contributed by atoms with Crippen molar-refractivity contribution < 1.29 is 22.7 Å². The Morgan fingerprint density at radius 2 is 1.73 bits per heavy atom. The predicted octanol–water partition coefficient (Wildman–Crippen LogP) is 4.36. The summed E-state index contributed by atoms with van der Waals surface area (Å²) in [5.74, 6) is 0. The molecule has 2 heterocycles. The van der Waals surface area contributed by atoms with E-state index in [4.69, 9.17) is 4.74 Å². The highest BCUT2D eigenvalue weighted by Gasteiger charge is 2.33. The van der Waals surface area contributed by atoms with Crippen LogP contribution in [0.3, 0.4) is 0 Å². The highest BCUT2D eigenvalue weighted by molar-refractivity contribution is 5.72. The first-order valence-electron chi connectivity index (χ1n) is 8.16. The number of nitrogens with zero attached hydrogens (tertiary/aromatic N) is 3. The van der Waals surface area contributed by atoms with Crippen LogP contribution in [-0.2, 0) is 31.1 Å². The number of carbonyl (C=O) groups is 1. The summed E-state index contributed by atoms with van der Waals surface area (Å²) in [4.78, 5) is 13.9. The standard InChI is InChI=1S/C18H20F3N3O2/c1-17(2,3)26-16(25)24-9-13-14(10-24)23(4)22-15(13)11-5-7-12(8-6-11)18(19,20)21/h5-8H,9-10H2,1-4H3. The van der Waals surface area contributed by atoms with Crippen LogP contribution in [0.15, 0.2) is 24.3 Å². The largest absolute Gasteiger partial charge is 0.444 e. The Bertz CT molecular complexity index is 833. The van der Waals surface area contributed by atoms with E-state index >= 15 is 0 Å². The van der Waals surface area contributed by atoms with Gasteiger partial charge in [0.05, 0.1) is 30.0 Å². The molecule has 0 radical (unpaired) electrons. The van der Waals surface area contributed by atoms with Gasteiger partial charge in [0.25, 0.3) is 0 Å². The van der Waals surface area contributed by atoms with Crippen molar-refractivity contribution in [2.75, 3.05) is 0 Å². The van der Waals surface area contributed by atoms with Crippen molar-refractivity contribution in [1.82, 2.24) is 14.7 Å². The maximum absolute atomic E-state index is 12.7. The van der Waals surface area contributed by atoms with Crippen LogP contribution in [0.5, 0.6) is 0 Å². The molecule has 2 aromatic rings. The van der Waals surface area contributed by atoms with Crippen LogP contribution in [-0.4, -0.2) is 26.4 Å². The summed E-state index contributed by atoms with van der Waals surface area (Å²) in [7, 11) is 1.75. The summed E-state index contributed by atoms with van der Waals surface area (Å²) in [6.07, 6.45) is -4.80. The number of fused-ring (bicyclic) bond motifs is 1. The maximum Gasteiger partial charge on any atom is 0.416 e. The number of aryl methyl sites for hydroxylation is 1. The van der Waals surface area contributed by atoms with Crippen molar-refractivity contribution in [2.24, 2.45) is 7.05 Å². The van der Waals surface area contributed by atoms with Gasteiger partial charge in [0.15, 0.2) is 0 Å². The molecule has 0 unspecified atom stereocenters. The molecule has 0 spiro atoms. The van der Waals surface area contributed by atoms with Crippen LogP contribution in [0.4, 0.5) is 18.0 Å². The average molecular weight is 367 g/mol. The van der Waals surface area contributed by atoms with E-state index in [-0.39, 0.29) is 0 Å². The van der Waals surface area contributed by atoms with Crippen LogP contribution in [0.1, 0.15) is 37.6 Å². The molecule has 1 aromatic carbocycles. The van der Waals surface area contributed by atoms with E-state index in [0.717, 1.165) is 23.4 Å². The molecule has 8 heteroatoms. The Labute approximate surface area is 149 Å². The summed E-state index contributed by atoms with van der Waals surface area (Å²) in [5, 5.41) is 4.42. The van der Waals surface area contributed by atoms with Gasteiger partial charge in [-0.25, -0.2) is 4.79 Å². The van der Waals surface area contributed by atoms with Gasteiger partial charge < -0.3 is 4.74 Å². The molecule has 0 saturated heterocycles. The minimum Gasteiger partial charge on any atom is -0.444 e. The molecule has 1 amide bonds. The predicted molar refractivity (Wildman–Crippen MR) is 89.1 cm³/mol.